The molecule has 0 aliphatic carbocycles. The van der Waals surface area contributed by atoms with Crippen LogP contribution in [-0.4, -0.2) is 92.8 Å². The van der Waals surface area contributed by atoms with Crippen molar-refractivity contribution in [3.63, 3.8) is 0 Å². The molecule has 1 unspecified atom stereocenters. The zero-order chi connectivity index (χ0) is 28.4. The van der Waals surface area contributed by atoms with Gasteiger partial charge >= 0.3 is 5.69 Å². The maximum absolute atomic E-state index is 13.9. The number of para-hydroxylation sites is 1. The van der Waals surface area contributed by atoms with Gasteiger partial charge in [0.05, 0.1) is 23.3 Å². The van der Waals surface area contributed by atoms with Crippen LogP contribution >= 0.6 is 11.8 Å². The van der Waals surface area contributed by atoms with Crippen LogP contribution in [0.3, 0.4) is 0 Å². The number of carbonyl (C=O) groups is 1. The number of amides is 1. The molecule has 9 nitrogen and oxygen atoms in total. The van der Waals surface area contributed by atoms with E-state index in [4.69, 9.17) is 0 Å². The third-order valence-electron chi connectivity index (χ3n) is 8.60. The van der Waals surface area contributed by atoms with Crippen LogP contribution in [0, 0.1) is 6.92 Å². The normalized spacial score (nSPS) is 19.6. The van der Waals surface area contributed by atoms with E-state index in [1.807, 2.05) is 22.5 Å². The quantitative estimate of drug-likeness (QED) is 0.339. The van der Waals surface area contributed by atoms with Crippen molar-refractivity contribution in [1.82, 2.24) is 29.1 Å². The maximum atomic E-state index is 13.9. The second kappa shape index (κ2) is 9.99. The Hall–Kier alpha value is -3.70. The number of carbonyl (C=O) groups excluding carboxylic acids is 1. The van der Waals surface area contributed by atoms with Gasteiger partial charge in [0.2, 0.25) is 5.91 Å². The molecule has 2 saturated heterocycles. The van der Waals surface area contributed by atoms with Crippen molar-refractivity contribution < 1.29 is 9.18 Å². The van der Waals surface area contributed by atoms with Crippen LogP contribution < -0.4 is 10.6 Å². The van der Waals surface area contributed by atoms with Crippen LogP contribution in [0.25, 0.3) is 32.9 Å². The molecule has 1 atom stereocenters. The second-order valence-corrected chi connectivity index (χ2v) is 12.2. The summed E-state index contributed by atoms with van der Waals surface area (Å²) in [5.74, 6) is 1.28. The van der Waals surface area contributed by atoms with E-state index in [0.717, 1.165) is 43.4 Å². The molecule has 0 spiro atoms. The molecule has 0 N–H and O–H groups in total. The van der Waals surface area contributed by atoms with E-state index < -0.39 is 6.17 Å². The molecule has 3 aliphatic heterocycles. The third kappa shape index (κ3) is 4.25. The van der Waals surface area contributed by atoms with Crippen LogP contribution in [0.1, 0.15) is 11.6 Å². The number of halogens is 1. The Morgan fingerprint density at radius 3 is 2.71 bits per heavy atom. The van der Waals surface area contributed by atoms with E-state index in [0.29, 0.717) is 57.4 Å². The predicted octanol–water partition coefficient (Wildman–Crippen LogP) is 3.39. The molecule has 0 saturated carbocycles. The molecule has 0 bridgehead atoms. The van der Waals surface area contributed by atoms with Crippen LogP contribution in [0.5, 0.6) is 0 Å². The van der Waals surface area contributed by atoms with Crippen LogP contribution in [0.2, 0.25) is 0 Å². The molecule has 2 aromatic heterocycles. The Balaban J connectivity index is 1.42. The number of thioether (sulfide) groups is 1. The van der Waals surface area contributed by atoms with Gasteiger partial charge in [0.15, 0.2) is 0 Å². The second-order valence-electron chi connectivity index (χ2n) is 11.2. The molecule has 0 radical (unpaired) electrons. The molecule has 4 aromatic rings. The van der Waals surface area contributed by atoms with E-state index in [-0.39, 0.29) is 17.6 Å². The van der Waals surface area contributed by atoms with Gasteiger partial charge in [-0.1, -0.05) is 24.8 Å². The monoisotopic (exact) mass is 573 g/mol. The highest BCUT2D eigenvalue weighted by molar-refractivity contribution is 7.99. The first-order valence-electron chi connectivity index (χ1n) is 14.0. The van der Waals surface area contributed by atoms with Crippen LogP contribution in [-0.2, 0) is 11.8 Å². The van der Waals surface area contributed by atoms with E-state index in [1.54, 1.807) is 16.7 Å². The summed E-state index contributed by atoms with van der Waals surface area (Å²) in [6.07, 6.45) is 2.43. The number of hydrogen-bond donors (Lipinski definition) is 0. The number of hydrogen-bond acceptors (Lipinski definition) is 7. The Morgan fingerprint density at radius 2 is 1.98 bits per heavy atom. The lowest BCUT2D eigenvalue weighted by atomic mass is 9.95. The van der Waals surface area contributed by atoms with E-state index in [2.05, 4.69) is 57.7 Å². The topological polar surface area (TPSA) is 79.5 Å². The maximum Gasteiger partial charge on any atom is 0.350 e. The number of alkyl halides is 1. The van der Waals surface area contributed by atoms with Gasteiger partial charge in [-0.05, 0) is 24.6 Å². The van der Waals surface area contributed by atoms with Gasteiger partial charge in [-0.15, -0.1) is 11.8 Å². The standard InChI is InChI=1S/C30H32FN7O2S/c1-4-24(39)36-8-10-37(11-9-36)29-23-12-18(2)25(22-7-5-6-19-13-32-34(3)26(19)22)28-27(23)38(30(40)33-29)21(17-41-28)16-35-14-20(31)15-35/h4-7,12-13,20-21H,1,8-11,14-17H2,2-3H3. The average molecular weight is 574 g/mol. The highest BCUT2D eigenvalue weighted by Gasteiger charge is 2.35. The van der Waals surface area contributed by atoms with Gasteiger partial charge in [-0.2, -0.15) is 10.1 Å². The molecular weight excluding hydrogens is 541 g/mol. The largest absolute Gasteiger partial charge is 0.352 e. The summed E-state index contributed by atoms with van der Waals surface area (Å²) >= 11 is 1.77. The number of likely N-dealkylation sites (tertiary alicyclic amines) is 1. The fourth-order valence-corrected chi connectivity index (χ4v) is 7.96. The zero-order valence-electron chi connectivity index (χ0n) is 23.2. The van der Waals surface area contributed by atoms with Crippen molar-refractivity contribution in [3.05, 3.63) is 59.2 Å². The summed E-state index contributed by atoms with van der Waals surface area (Å²) in [5.41, 5.74) is 4.95. The third-order valence-corrected chi connectivity index (χ3v) is 9.84. The number of aromatic nitrogens is 4. The Bertz CT molecular complexity index is 1770. The molecule has 3 aliphatic rings. The van der Waals surface area contributed by atoms with E-state index in [9.17, 15) is 14.0 Å². The first kappa shape index (κ1) is 26.2. The summed E-state index contributed by atoms with van der Waals surface area (Å²) in [6.45, 7) is 9.41. The molecular formula is C30H32FN7O2S. The first-order chi connectivity index (χ1) is 19.8. The summed E-state index contributed by atoms with van der Waals surface area (Å²) in [6, 6.07) is 8.30. The number of benzene rings is 2. The molecule has 1 amide bonds. The molecule has 2 aromatic carbocycles. The van der Waals surface area contributed by atoms with Gasteiger partial charge < -0.3 is 9.80 Å². The zero-order valence-corrected chi connectivity index (χ0v) is 24.0. The molecule has 11 heteroatoms. The molecule has 5 heterocycles. The average Bonchev–Trinajstić information content (AvgIpc) is 3.35. The minimum absolute atomic E-state index is 0.0832. The number of piperazine rings is 1. The summed E-state index contributed by atoms with van der Waals surface area (Å²) < 4.78 is 17.4. The van der Waals surface area contributed by atoms with Gasteiger partial charge in [-0.3, -0.25) is 18.9 Å². The van der Waals surface area contributed by atoms with Crippen molar-refractivity contribution in [1.29, 1.82) is 0 Å². The van der Waals surface area contributed by atoms with Gasteiger partial charge in [0.25, 0.3) is 0 Å². The fourth-order valence-electron chi connectivity index (χ4n) is 6.59. The highest BCUT2D eigenvalue weighted by atomic mass is 32.2. The van der Waals surface area contributed by atoms with Crippen molar-refractivity contribution in [2.24, 2.45) is 7.05 Å². The number of fused-ring (bicyclic) bond motifs is 1. The van der Waals surface area contributed by atoms with Crippen LogP contribution in [0.15, 0.2) is 52.8 Å². The van der Waals surface area contributed by atoms with Gasteiger partial charge in [-0.25, -0.2) is 9.18 Å². The molecule has 7 rings (SSSR count). The highest BCUT2D eigenvalue weighted by Crippen LogP contribution is 2.47. The Labute approximate surface area is 241 Å². The van der Waals surface area contributed by atoms with Crippen molar-refractivity contribution in [3.8, 4) is 11.1 Å². The van der Waals surface area contributed by atoms with Crippen LogP contribution in [0.4, 0.5) is 10.2 Å². The Morgan fingerprint density at radius 1 is 1.20 bits per heavy atom. The lowest BCUT2D eigenvalue weighted by molar-refractivity contribution is -0.126. The summed E-state index contributed by atoms with van der Waals surface area (Å²) in [7, 11) is 1.96. The molecule has 2 fully saturated rings. The fraction of sp³-hybridized carbons (Fsp3) is 0.400. The molecule has 41 heavy (non-hydrogen) atoms. The van der Waals surface area contributed by atoms with E-state index in [1.165, 1.54) is 6.08 Å². The van der Waals surface area contributed by atoms with Gasteiger partial charge in [0, 0.05) is 85.4 Å². The summed E-state index contributed by atoms with van der Waals surface area (Å²) in [5, 5.41) is 6.51. The minimum Gasteiger partial charge on any atom is -0.352 e. The van der Waals surface area contributed by atoms with Crippen molar-refractivity contribution >= 4 is 45.3 Å². The Kier molecular flexibility index (Phi) is 6.39. The smallest absolute Gasteiger partial charge is 0.350 e. The number of nitrogens with zero attached hydrogens (tertiary/aromatic N) is 7. The SMILES string of the molecule is C=CC(=O)N1CCN(c2nc(=O)n3c4c(c(-c5cccc6cnn(C)c56)c(C)cc24)SCC3CN2CC(F)C2)CC1. The first-order valence-corrected chi connectivity index (χ1v) is 15.0. The van der Waals surface area contributed by atoms with E-state index >= 15 is 0 Å². The van der Waals surface area contributed by atoms with Gasteiger partial charge in [0.1, 0.15) is 12.0 Å². The number of rotatable bonds is 5. The van der Waals surface area contributed by atoms with Crippen molar-refractivity contribution in [2.45, 2.75) is 24.0 Å². The lowest BCUT2D eigenvalue weighted by Crippen LogP contribution is -2.52. The van der Waals surface area contributed by atoms with Crippen molar-refractivity contribution in [2.75, 3.05) is 56.5 Å². The molecule has 212 valence electrons. The lowest BCUT2D eigenvalue weighted by Gasteiger charge is -2.40. The number of aryl methyl sites for hydroxylation is 2. The number of anilines is 1. The minimum atomic E-state index is -0.795. The summed E-state index contributed by atoms with van der Waals surface area (Å²) in [4.78, 5) is 37.8. The predicted molar refractivity (Wildman–Crippen MR) is 161 cm³/mol.